The SMILES string of the molecule is C=CCC1CN(CCCOC)c2cc(C(=O)O)cc3nc(NC=O)n1c23. The lowest BCUT2D eigenvalue weighted by Crippen LogP contribution is -2.36. The largest absolute Gasteiger partial charge is 0.478 e. The van der Waals surface area contributed by atoms with Crippen LogP contribution in [-0.4, -0.2) is 53.8 Å². The number of anilines is 2. The van der Waals surface area contributed by atoms with Crippen molar-refractivity contribution in [3.63, 3.8) is 0 Å². The van der Waals surface area contributed by atoms with Gasteiger partial charge in [-0.25, -0.2) is 9.78 Å². The van der Waals surface area contributed by atoms with Gasteiger partial charge in [-0.15, -0.1) is 6.58 Å². The van der Waals surface area contributed by atoms with Gasteiger partial charge in [0.2, 0.25) is 12.4 Å². The smallest absolute Gasteiger partial charge is 0.335 e. The summed E-state index contributed by atoms with van der Waals surface area (Å²) in [6.07, 6.45) is 3.95. The summed E-state index contributed by atoms with van der Waals surface area (Å²) < 4.78 is 7.12. The Kier molecular flexibility index (Phi) is 5.22. The summed E-state index contributed by atoms with van der Waals surface area (Å²) in [6, 6.07) is 3.26. The summed E-state index contributed by atoms with van der Waals surface area (Å²) in [6.45, 7) is 5.87. The molecule has 0 spiro atoms. The fourth-order valence-corrected chi connectivity index (χ4v) is 3.50. The van der Waals surface area contributed by atoms with Gasteiger partial charge in [0.25, 0.3) is 0 Å². The molecule has 8 nitrogen and oxygen atoms in total. The normalized spacial score (nSPS) is 15.9. The number of rotatable bonds is 9. The van der Waals surface area contributed by atoms with E-state index in [1.165, 1.54) is 6.07 Å². The zero-order chi connectivity index (χ0) is 18.7. The highest BCUT2D eigenvalue weighted by Gasteiger charge is 2.30. The topological polar surface area (TPSA) is 96.7 Å². The Morgan fingerprint density at radius 1 is 1.54 bits per heavy atom. The highest BCUT2D eigenvalue weighted by molar-refractivity contribution is 6.00. The van der Waals surface area contributed by atoms with Gasteiger partial charge in [-0.05, 0) is 25.0 Å². The minimum absolute atomic E-state index is 0.0469. The molecule has 1 unspecified atom stereocenters. The summed E-state index contributed by atoms with van der Waals surface area (Å²) >= 11 is 0. The number of aromatic nitrogens is 2. The van der Waals surface area contributed by atoms with Crippen LogP contribution in [0.15, 0.2) is 24.8 Å². The van der Waals surface area contributed by atoms with Gasteiger partial charge in [-0.3, -0.25) is 10.1 Å². The zero-order valence-electron chi connectivity index (χ0n) is 14.6. The molecule has 1 aromatic carbocycles. The molecule has 2 aromatic rings. The van der Waals surface area contributed by atoms with Crippen molar-refractivity contribution in [3.8, 4) is 0 Å². The molecule has 1 aliphatic rings. The third kappa shape index (κ3) is 3.15. The van der Waals surface area contributed by atoms with E-state index in [2.05, 4.69) is 21.8 Å². The van der Waals surface area contributed by atoms with Gasteiger partial charge in [0.15, 0.2) is 0 Å². The summed E-state index contributed by atoms with van der Waals surface area (Å²) in [5.74, 6) is -0.588. The lowest BCUT2D eigenvalue weighted by atomic mass is 10.1. The number of carbonyl (C=O) groups is 2. The third-order valence-corrected chi connectivity index (χ3v) is 4.55. The molecular weight excluding hydrogens is 336 g/mol. The van der Waals surface area contributed by atoms with Gasteiger partial charge in [0.1, 0.15) is 0 Å². The molecule has 3 rings (SSSR count). The van der Waals surface area contributed by atoms with E-state index in [1.807, 2.05) is 10.6 Å². The van der Waals surface area contributed by atoms with Crippen LogP contribution in [0.3, 0.4) is 0 Å². The lowest BCUT2D eigenvalue weighted by molar-refractivity contribution is -0.105. The van der Waals surface area contributed by atoms with Crippen LogP contribution < -0.4 is 10.2 Å². The van der Waals surface area contributed by atoms with E-state index in [-0.39, 0.29) is 11.6 Å². The Hall–Kier alpha value is -2.87. The van der Waals surface area contributed by atoms with E-state index < -0.39 is 5.97 Å². The van der Waals surface area contributed by atoms with E-state index in [9.17, 15) is 14.7 Å². The molecule has 1 aliphatic heterocycles. The molecule has 0 fully saturated rings. The molecule has 2 heterocycles. The number of methoxy groups -OCH3 is 1. The summed E-state index contributed by atoms with van der Waals surface area (Å²) in [5.41, 5.74) is 2.36. The van der Waals surface area contributed by atoms with E-state index in [1.54, 1.807) is 13.2 Å². The second-order valence-corrected chi connectivity index (χ2v) is 6.21. The minimum Gasteiger partial charge on any atom is -0.478 e. The fraction of sp³-hybridized carbons (Fsp3) is 0.389. The van der Waals surface area contributed by atoms with Crippen LogP contribution in [0.4, 0.5) is 11.6 Å². The average Bonchev–Trinajstić information content (AvgIpc) is 2.98. The molecule has 1 amide bonds. The van der Waals surface area contributed by atoms with E-state index in [4.69, 9.17) is 4.74 Å². The second-order valence-electron chi connectivity index (χ2n) is 6.21. The Labute approximate surface area is 151 Å². The number of ether oxygens (including phenoxy) is 1. The van der Waals surface area contributed by atoms with Gasteiger partial charge < -0.3 is 19.3 Å². The highest BCUT2D eigenvalue weighted by Crippen LogP contribution is 2.39. The molecule has 8 heteroatoms. The number of carboxylic acids is 1. The Morgan fingerprint density at radius 2 is 2.35 bits per heavy atom. The Bertz CT molecular complexity index is 845. The fourth-order valence-electron chi connectivity index (χ4n) is 3.50. The first-order chi connectivity index (χ1) is 12.6. The average molecular weight is 358 g/mol. The minimum atomic E-state index is -1.01. The Balaban J connectivity index is 2.18. The van der Waals surface area contributed by atoms with Crippen molar-refractivity contribution in [2.75, 3.05) is 37.0 Å². The maximum atomic E-state index is 11.5. The summed E-state index contributed by atoms with van der Waals surface area (Å²) in [5, 5.41) is 12.1. The first-order valence-corrected chi connectivity index (χ1v) is 8.45. The molecule has 0 saturated carbocycles. The number of aromatic carboxylic acids is 1. The summed E-state index contributed by atoms with van der Waals surface area (Å²) in [4.78, 5) is 29.1. The highest BCUT2D eigenvalue weighted by atomic mass is 16.5. The number of nitrogens with one attached hydrogen (secondary N) is 1. The number of hydrogen-bond donors (Lipinski definition) is 2. The van der Waals surface area contributed by atoms with Crippen molar-refractivity contribution >= 4 is 35.0 Å². The van der Waals surface area contributed by atoms with Gasteiger partial charge in [0, 0.05) is 26.8 Å². The van der Waals surface area contributed by atoms with Crippen LogP contribution in [0, 0.1) is 0 Å². The predicted molar refractivity (Wildman–Crippen MR) is 98.9 cm³/mol. The summed E-state index contributed by atoms with van der Waals surface area (Å²) in [7, 11) is 1.66. The van der Waals surface area contributed by atoms with Crippen molar-refractivity contribution in [1.82, 2.24) is 9.55 Å². The van der Waals surface area contributed by atoms with Crippen molar-refractivity contribution < 1.29 is 19.4 Å². The molecule has 0 bridgehead atoms. The number of allylic oxidation sites excluding steroid dienone is 1. The lowest BCUT2D eigenvalue weighted by Gasteiger charge is -2.36. The quantitative estimate of drug-likeness (QED) is 0.405. The molecule has 1 atom stereocenters. The number of benzene rings is 1. The van der Waals surface area contributed by atoms with Gasteiger partial charge >= 0.3 is 5.97 Å². The monoisotopic (exact) mass is 358 g/mol. The maximum Gasteiger partial charge on any atom is 0.335 e. The number of imidazole rings is 1. The van der Waals surface area contributed by atoms with Crippen molar-refractivity contribution in [3.05, 3.63) is 30.4 Å². The van der Waals surface area contributed by atoms with Gasteiger partial charge in [0.05, 0.1) is 28.3 Å². The van der Waals surface area contributed by atoms with E-state index in [0.717, 1.165) is 24.2 Å². The van der Waals surface area contributed by atoms with Crippen molar-refractivity contribution in [1.29, 1.82) is 0 Å². The predicted octanol–water partition coefficient (Wildman–Crippen LogP) is 2.28. The van der Waals surface area contributed by atoms with Gasteiger partial charge in [-0.1, -0.05) is 6.08 Å². The Morgan fingerprint density at radius 3 is 3.00 bits per heavy atom. The molecule has 26 heavy (non-hydrogen) atoms. The van der Waals surface area contributed by atoms with Crippen LogP contribution in [-0.2, 0) is 9.53 Å². The molecule has 1 aromatic heterocycles. The van der Waals surface area contributed by atoms with Crippen LogP contribution >= 0.6 is 0 Å². The van der Waals surface area contributed by atoms with Crippen LogP contribution in [0.5, 0.6) is 0 Å². The number of amides is 1. The molecule has 138 valence electrons. The first-order valence-electron chi connectivity index (χ1n) is 8.45. The molecule has 0 radical (unpaired) electrons. The number of hydrogen-bond acceptors (Lipinski definition) is 5. The molecule has 0 saturated heterocycles. The molecule has 2 N–H and O–H groups in total. The number of carbonyl (C=O) groups excluding carboxylic acids is 1. The van der Waals surface area contributed by atoms with Crippen molar-refractivity contribution in [2.45, 2.75) is 18.9 Å². The first kappa shape index (κ1) is 17.9. The molecular formula is C18H22N4O4. The third-order valence-electron chi connectivity index (χ3n) is 4.55. The maximum absolute atomic E-state index is 11.5. The van der Waals surface area contributed by atoms with Crippen LogP contribution in [0.1, 0.15) is 29.2 Å². The molecule has 0 aliphatic carbocycles. The van der Waals surface area contributed by atoms with Gasteiger partial charge in [-0.2, -0.15) is 0 Å². The van der Waals surface area contributed by atoms with Crippen molar-refractivity contribution in [2.24, 2.45) is 0 Å². The zero-order valence-corrected chi connectivity index (χ0v) is 14.6. The van der Waals surface area contributed by atoms with Crippen LogP contribution in [0.2, 0.25) is 0 Å². The van der Waals surface area contributed by atoms with E-state index >= 15 is 0 Å². The number of nitrogens with zero attached hydrogens (tertiary/aromatic N) is 3. The number of carboxylic acid groups (broad SMARTS) is 1. The standard InChI is InChI=1S/C18H22N4O4/c1-3-5-13-10-21(6-4-7-26-2)15-9-12(17(24)25)8-14-16(15)22(13)18(20-14)19-11-23/h3,8-9,11,13H,1,4-7,10H2,2H3,(H,24,25)(H,19,20,23). The van der Waals surface area contributed by atoms with Crippen LogP contribution in [0.25, 0.3) is 11.0 Å². The van der Waals surface area contributed by atoms with E-state index in [0.29, 0.717) is 37.4 Å². The second kappa shape index (κ2) is 7.57.